The number of thioether (sulfide) groups is 1. The van der Waals surface area contributed by atoms with Gasteiger partial charge in [-0.15, -0.1) is 0 Å². The molecule has 4 heteroatoms. The zero-order chi connectivity index (χ0) is 12.7. The summed E-state index contributed by atoms with van der Waals surface area (Å²) in [7, 11) is 0. The molecule has 0 unspecified atom stereocenters. The van der Waals surface area contributed by atoms with Crippen LogP contribution in [0.2, 0.25) is 5.02 Å². The molecule has 0 heterocycles. The molecule has 1 aromatic carbocycles. The Bertz CT molecular complexity index is 312. The predicted octanol–water partition coefficient (Wildman–Crippen LogP) is 3.10. The van der Waals surface area contributed by atoms with Crippen LogP contribution in [0.5, 0.6) is 0 Å². The van der Waals surface area contributed by atoms with Gasteiger partial charge in [0, 0.05) is 29.5 Å². The SMILES string of the molecule is CSC[C@@H](CCO)N[C@@H](C)c1ccc(Cl)cc1. The predicted molar refractivity (Wildman–Crippen MR) is 76.9 cm³/mol. The summed E-state index contributed by atoms with van der Waals surface area (Å²) in [6, 6.07) is 8.51. The van der Waals surface area contributed by atoms with E-state index in [0.29, 0.717) is 6.04 Å². The third-order valence-corrected chi connectivity index (χ3v) is 3.69. The molecule has 2 atom stereocenters. The molecule has 17 heavy (non-hydrogen) atoms. The Labute approximate surface area is 113 Å². The average Bonchev–Trinajstić information content (AvgIpc) is 2.30. The third kappa shape index (κ3) is 5.30. The highest BCUT2D eigenvalue weighted by Crippen LogP contribution is 2.17. The second-order valence-electron chi connectivity index (χ2n) is 4.10. The Kier molecular flexibility index (Phi) is 6.97. The van der Waals surface area contributed by atoms with Crippen molar-refractivity contribution in [3.8, 4) is 0 Å². The second-order valence-corrected chi connectivity index (χ2v) is 5.45. The Morgan fingerprint density at radius 1 is 1.35 bits per heavy atom. The zero-order valence-corrected chi connectivity index (χ0v) is 11.9. The normalized spacial score (nSPS) is 14.6. The van der Waals surface area contributed by atoms with Crippen molar-refractivity contribution in [1.29, 1.82) is 0 Å². The summed E-state index contributed by atoms with van der Waals surface area (Å²) in [4.78, 5) is 0. The van der Waals surface area contributed by atoms with Gasteiger partial charge in [0.2, 0.25) is 0 Å². The van der Waals surface area contributed by atoms with Gasteiger partial charge >= 0.3 is 0 Å². The molecule has 2 nitrogen and oxygen atoms in total. The Morgan fingerprint density at radius 2 is 2.00 bits per heavy atom. The minimum Gasteiger partial charge on any atom is -0.396 e. The van der Waals surface area contributed by atoms with E-state index in [4.69, 9.17) is 16.7 Å². The monoisotopic (exact) mass is 273 g/mol. The van der Waals surface area contributed by atoms with Crippen LogP contribution >= 0.6 is 23.4 Å². The van der Waals surface area contributed by atoms with E-state index in [0.717, 1.165) is 17.2 Å². The van der Waals surface area contributed by atoms with Crippen LogP contribution in [0.25, 0.3) is 0 Å². The maximum atomic E-state index is 9.02. The summed E-state index contributed by atoms with van der Waals surface area (Å²) >= 11 is 7.66. The van der Waals surface area contributed by atoms with Crippen molar-refractivity contribution in [1.82, 2.24) is 5.32 Å². The number of aliphatic hydroxyl groups excluding tert-OH is 1. The smallest absolute Gasteiger partial charge is 0.0446 e. The first kappa shape index (κ1) is 14.8. The minimum absolute atomic E-state index is 0.228. The van der Waals surface area contributed by atoms with Gasteiger partial charge in [-0.25, -0.2) is 0 Å². The van der Waals surface area contributed by atoms with E-state index in [9.17, 15) is 0 Å². The number of rotatable bonds is 7. The summed E-state index contributed by atoms with van der Waals surface area (Å²) in [5.74, 6) is 1.01. The van der Waals surface area contributed by atoms with Crippen LogP contribution in [0, 0.1) is 0 Å². The van der Waals surface area contributed by atoms with Gasteiger partial charge < -0.3 is 10.4 Å². The van der Waals surface area contributed by atoms with E-state index < -0.39 is 0 Å². The quantitative estimate of drug-likeness (QED) is 0.801. The van der Waals surface area contributed by atoms with Crippen LogP contribution < -0.4 is 5.32 Å². The number of nitrogens with one attached hydrogen (secondary N) is 1. The number of aliphatic hydroxyl groups is 1. The lowest BCUT2D eigenvalue weighted by Crippen LogP contribution is -2.34. The van der Waals surface area contributed by atoms with E-state index in [-0.39, 0.29) is 12.6 Å². The first-order valence-corrected chi connectivity index (χ1v) is 7.56. The van der Waals surface area contributed by atoms with Gasteiger partial charge in [0.05, 0.1) is 0 Å². The van der Waals surface area contributed by atoms with Crippen molar-refractivity contribution in [2.75, 3.05) is 18.6 Å². The molecule has 0 aromatic heterocycles. The summed E-state index contributed by atoms with van der Waals surface area (Å²) in [5, 5.41) is 13.3. The Balaban J connectivity index is 2.56. The number of benzene rings is 1. The van der Waals surface area contributed by atoms with Crippen LogP contribution in [0.3, 0.4) is 0 Å². The largest absolute Gasteiger partial charge is 0.396 e. The average molecular weight is 274 g/mol. The van der Waals surface area contributed by atoms with E-state index >= 15 is 0 Å². The molecule has 0 aliphatic heterocycles. The van der Waals surface area contributed by atoms with E-state index in [1.165, 1.54) is 5.56 Å². The maximum absolute atomic E-state index is 9.02. The molecule has 96 valence electrons. The van der Waals surface area contributed by atoms with Crippen molar-refractivity contribution in [2.45, 2.75) is 25.4 Å². The van der Waals surface area contributed by atoms with Crippen molar-refractivity contribution >= 4 is 23.4 Å². The summed E-state index contributed by atoms with van der Waals surface area (Å²) in [5.41, 5.74) is 1.22. The fourth-order valence-electron chi connectivity index (χ4n) is 1.77. The summed E-state index contributed by atoms with van der Waals surface area (Å²) in [6.07, 6.45) is 2.87. The molecule has 0 radical (unpaired) electrons. The maximum Gasteiger partial charge on any atom is 0.0446 e. The van der Waals surface area contributed by atoms with Crippen LogP contribution in [0.4, 0.5) is 0 Å². The number of hydrogen-bond donors (Lipinski definition) is 2. The fraction of sp³-hybridized carbons (Fsp3) is 0.538. The number of halogens is 1. The lowest BCUT2D eigenvalue weighted by atomic mass is 10.1. The van der Waals surface area contributed by atoms with E-state index in [2.05, 4.69) is 18.5 Å². The molecule has 0 saturated carbocycles. The van der Waals surface area contributed by atoms with Crippen molar-refractivity contribution in [3.05, 3.63) is 34.9 Å². The molecule has 0 fully saturated rings. The fourth-order valence-corrected chi connectivity index (χ4v) is 2.56. The molecule has 2 N–H and O–H groups in total. The van der Waals surface area contributed by atoms with Gasteiger partial charge in [0.25, 0.3) is 0 Å². The highest BCUT2D eigenvalue weighted by Gasteiger charge is 2.12. The third-order valence-electron chi connectivity index (χ3n) is 2.70. The molecule has 0 bridgehead atoms. The van der Waals surface area contributed by atoms with Crippen LogP contribution in [0.15, 0.2) is 24.3 Å². The molecule has 0 saturated heterocycles. The minimum atomic E-state index is 0.228. The molecule has 0 aliphatic carbocycles. The second kappa shape index (κ2) is 7.98. The zero-order valence-electron chi connectivity index (χ0n) is 10.3. The van der Waals surface area contributed by atoms with Gasteiger partial charge in [-0.1, -0.05) is 23.7 Å². The van der Waals surface area contributed by atoms with Gasteiger partial charge in [0.15, 0.2) is 0 Å². The van der Waals surface area contributed by atoms with Crippen LogP contribution in [0.1, 0.15) is 24.9 Å². The van der Waals surface area contributed by atoms with E-state index in [1.807, 2.05) is 24.3 Å². The first-order chi connectivity index (χ1) is 8.17. The lowest BCUT2D eigenvalue weighted by Gasteiger charge is -2.22. The van der Waals surface area contributed by atoms with Crippen LogP contribution in [-0.4, -0.2) is 29.8 Å². The molecule has 0 spiro atoms. The highest BCUT2D eigenvalue weighted by molar-refractivity contribution is 7.98. The highest BCUT2D eigenvalue weighted by atomic mass is 35.5. The molecule has 1 rings (SSSR count). The molecule has 0 amide bonds. The van der Waals surface area contributed by atoms with Crippen molar-refractivity contribution in [2.24, 2.45) is 0 Å². The topological polar surface area (TPSA) is 32.3 Å². The summed E-state index contributed by atoms with van der Waals surface area (Å²) in [6.45, 7) is 2.36. The first-order valence-electron chi connectivity index (χ1n) is 5.78. The van der Waals surface area contributed by atoms with Gasteiger partial charge in [0.1, 0.15) is 0 Å². The molecular formula is C13H20ClNOS. The van der Waals surface area contributed by atoms with Crippen molar-refractivity contribution in [3.63, 3.8) is 0 Å². The molecular weight excluding hydrogens is 254 g/mol. The Morgan fingerprint density at radius 3 is 2.53 bits per heavy atom. The Hall–Kier alpha value is -0.220. The van der Waals surface area contributed by atoms with Gasteiger partial charge in [-0.3, -0.25) is 0 Å². The van der Waals surface area contributed by atoms with Crippen molar-refractivity contribution < 1.29 is 5.11 Å². The summed E-state index contributed by atoms with van der Waals surface area (Å²) < 4.78 is 0. The van der Waals surface area contributed by atoms with Gasteiger partial charge in [-0.05, 0) is 37.3 Å². The van der Waals surface area contributed by atoms with Crippen LogP contribution in [-0.2, 0) is 0 Å². The van der Waals surface area contributed by atoms with E-state index in [1.54, 1.807) is 11.8 Å². The van der Waals surface area contributed by atoms with Gasteiger partial charge in [-0.2, -0.15) is 11.8 Å². The standard InChI is InChI=1S/C13H20ClNOS/c1-10(11-3-5-12(14)6-4-11)15-13(7-8-16)9-17-2/h3-6,10,13,15-16H,7-9H2,1-2H3/t10-,13+/m0/s1. The molecule has 0 aliphatic rings. The molecule has 1 aromatic rings. The number of hydrogen-bond acceptors (Lipinski definition) is 3. The lowest BCUT2D eigenvalue weighted by molar-refractivity contribution is 0.265.